The highest BCUT2D eigenvalue weighted by Crippen LogP contribution is 2.21. The van der Waals surface area contributed by atoms with E-state index >= 15 is 0 Å². The standard InChI is InChI=1S/C17H24N2O/c1-4-10-19-11-9-18-17(19)12-16(20)15-7-5-14(6-8-15)13(2)3/h5-9,11,13,16,20H,4,10,12H2,1-3H3. The van der Waals surface area contributed by atoms with E-state index in [-0.39, 0.29) is 0 Å². The fourth-order valence-electron chi connectivity index (χ4n) is 2.37. The molecule has 1 aromatic heterocycles. The summed E-state index contributed by atoms with van der Waals surface area (Å²) in [6.45, 7) is 7.44. The average molecular weight is 272 g/mol. The van der Waals surface area contributed by atoms with Crippen LogP contribution in [-0.2, 0) is 13.0 Å². The molecule has 2 rings (SSSR count). The van der Waals surface area contributed by atoms with Crippen LogP contribution in [-0.4, -0.2) is 14.7 Å². The molecule has 108 valence electrons. The molecular weight excluding hydrogens is 248 g/mol. The van der Waals surface area contributed by atoms with Crippen molar-refractivity contribution in [3.8, 4) is 0 Å². The van der Waals surface area contributed by atoms with E-state index in [9.17, 15) is 5.11 Å². The number of nitrogens with zero attached hydrogens (tertiary/aromatic N) is 2. The van der Waals surface area contributed by atoms with Crippen molar-refractivity contribution in [2.75, 3.05) is 0 Å². The number of aromatic nitrogens is 2. The molecule has 3 heteroatoms. The first-order chi connectivity index (χ1) is 9.61. The lowest BCUT2D eigenvalue weighted by atomic mass is 9.99. The number of imidazole rings is 1. The Morgan fingerprint density at radius 1 is 1.15 bits per heavy atom. The Balaban J connectivity index is 2.07. The number of rotatable bonds is 6. The second kappa shape index (κ2) is 6.71. The lowest BCUT2D eigenvalue weighted by Gasteiger charge is -2.13. The molecule has 3 nitrogen and oxygen atoms in total. The van der Waals surface area contributed by atoms with E-state index in [4.69, 9.17) is 0 Å². The second-order valence-electron chi connectivity index (χ2n) is 5.58. The summed E-state index contributed by atoms with van der Waals surface area (Å²) in [7, 11) is 0. The van der Waals surface area contributed by atoms with Gasteiger partial charge in [-0.15, -0.1) is 0 Å². The lowest BCUT2D eigenvalue weighted by molar-refractivity contribution is 0.174. The van der Waals surface area contributed by atoms with Gasteiger partial charge in [-0.1, -0.05) is 45.0 Å². The van der Waals surface area contributed by atoms with Gasteiger partial charge in [0.1, 0.15) is 5.82 Å². The summed E-state index contributed by atoms with van der Waals surface area (Å²) in [6, 6.07) is 8.24. The van der Waals surface area contributed by atoms with Gasteiger partial charge in [-0.3, -0.25) is 0 Å². The maximum atomic E-state index is 10.4. The van der Waals surface area contributed by atoms with Gasteiger partial charge < -0.3 is 9.67 Å². The zero-order valence-corrected chi connectivity index (χ0v) is 12.6. The van der Waals surface area contributed by atoms with Crippen LogP contribution in [0.1, 0.15) is 56.2 Å². The van der Waals surface area contributed by atoms with Crippen LogP contribution in [0.2, 0.25) is 0 Å². The van der Waals surface area contributed by atoms with Crippen molar-refractivity contribution in [2.45, 2.75) is 52.2 Å². The molecule has 0 spiro atoms. The molecule has 0 aliphatic rings. The minimum Gasteiger partial charge on any atom is -0.388 e. The minimum absolute atomic E-state index is 0.491. The Kier molecular flexibility index (Phi) is 4.96. The molecule has 1 aromatic carbocycles. The third-order valence-electron chi connectivity index (χ3n) is 3.63. The molecule has 0 aliphatic heterocycles. The lowest BCUT2D eigenvalue weighted by Crippen LogP contribution is -2.09. The van der Waals surface area contributed by atoms with E-state index < -0.39 is 6.10 Å². The molecule has 0 radical (unpaired) electrons. The first-order valence-electron chi connectivity index (χ1n) is 7.39. The second-order valence-corrected chi connectivity index (χ2v) is 5.58. The van der Waals surface area contributed by atoms with E-state index in [0.717, 1.165) is 24.4 Å². The zero-order valence-electron chi connectivity index (χ0n) is 12.6. The summed E-state index contributed by atoms with van der Waals surface area (Å²) in [4.78, 5) is 4.35. The Hall–Kier alpha value is -1.61. The van der Waals surface area contributed by atoms with Crippen LogP contribution < -0.4 is 0 Å². The first kappa shape index (κ1) is 14.8. The molecule has 0 aliphatic carbocycles. The summed E-state index contributed by atoms with van der Waals surface area (Å²) in [5.41, 5.74) is 2.26. The van der Waals surface area contributed by atoms with Crippen molar-refractivity contribution >= 4 is 0 Å². The normalized spacial score (nSPS) is 12.8. The molecule has 20 heavy (non-hydrogen) atoms. The summed E-state index contributed by atoms with van der Waals surface area (Å²) in [5, 5.41) is 10.4. The average Bonchev–Trinajstić information content (AvgIpc) is 2.86. The Morgan fingerprint density at radius 3 is 2.40 bits per heavy atom. The van der Waals surface area contributed by atoms with Gasteiger partial charge in [-0.25, -0.2) is 4.98 Å². The summed E-state index contributed by atoms with van der Waals surface area (Å²) < 4.78 is 2.12. The van der Waals surface area contributed by atoms with Crippen molar-refractivity contribution in [3.63, 3.8) is 0 Å². The largest absolute Gasteiger partial charge is 0.388 e. The monoisotopic (exact) mass is 272 g/mol. The van der Waals surface area contributed by atoms with Crippen LogP contribution in [0.4, 0.5) is 0 Å². The highest BCUT2D eigenvalue weighted by atomic mass is 16.3. The molecule has 0 saturated heterocycles. The number of hydrogen-bond donors (Lipinski definition) is 1. The SMILES string of the molecule is CCCn1ccnc1CC(O)c1ccc(C(C)C)cc1. The van der Waals surface area contributed by atoms with Crippen LogP contribution in [0.5, 0.6) is 0 Å². The molecule has 1 N–H and O–H groups in total. The van der Waals surface area contributed by atoms with Crippen LogP contribution in [0.3, 0.4) is 0 Å². The first-order valence-corrected chi connectivity index (χ1v) is 7.39. The highest BCUT2D eigenvalue weighted by Gasteiger charge is 2.12. The molecule has 1 unspecified atom stereocenters. The van der Waals surface area contributed by atoms with Gasteiger partial charge in [0.15, 0.2) is 0 Å². The fraction of sp³-hybridized carbons (Fsp3) is 0.471. The van der Waals surface area contributed by atoms with Crippen LogP contribution in [0.15, 0.2) is 36.7 Å². The Labute approximate surface area is 121 Å². The number of aliphatic hydroxyl groups excluding tert-OH is 1. The maximum Gasteiger partial charge on any atom is 0.111 e. The quantitative estimate of drug-likeness (QED) is 0.871. The Morgan fingerprint density at radius 2 is 1.80 bits per heavy atom. The number of hydrogen-bond acceptors (Lipinski definition) is 2. The van der Waals surface area contributed by atoms with Crippen LogP contribution in [0.25, 0.3) is 0 Å². The van der Waals surface area contributed by atoms with E-state index in [0.29, 0.717) is 12.3 Å². The summed E-state index contributed by atoms with van der Waals surface area (Å²) in [5.74, 6) is 1.47. The molecule has 1 atom stereocenters. The summed E-state index contributed by atoms with van der Waals surface area (Å²) in [6.07, 6.45) is 4.93. The Bertz CT molecular complexity index is 528. The molecule has 0 fully saturated rings. The molecule has 0 saturated carbocycles. The third-order valence-corrected chi connectivity index (χ3v) is 3.63. The van der Waals surface area contributed by atoms with E-state index in [1.807, 2.05) is 18.3 Å². The van der Waals surface area contributed by atoms with Crippen LogP contribution in [0, 0.1) is 0 Å². The van der Waals surface area contributed by atoms with Gasteiger partial charge in [0, 0.05) is 25.4 Å². The highest BCUT2D eigenvalue weighted by molar-refractivity contribution is 5.26. The van der Waals surface area contributed by atoms with Gasteiger partial charge in [0.25, 0.3) is 0 Å². The van der Waals surface area contributed by atoms with Gasteiger partial charge in [-0.2, -0.15) is 0 Å². The number of aryl methyl sites for hydroxylation is 1. The van der Waals surface area contributed by atoms with Gasteiger partial charge in [0.2, 0.25) is 0 Å². The summed E-state index contributed by atoms with van der Waals surface area (Å²) >= 11 is 0. The molecule has 0 amide bonds. The fourth-order valence-corrected chi connectivity index (χ4v) is 2.37. The van der Waals surface area contributed by atoms with Crippen molar-refractivity contribution in [1.29, 1.82) is 0 Å². The van der Waals surface area contributed by atoms with E-state index in [1.165, 1.54) is 5.56 Å². The van der Waals surface area contributed by atoms with Gasteiger partial charge in [0.05, 0.1) is 6.10 Å². The molecule has 2 aromatic rings. The number of benzene rings is 1. The smallest absolute Gasteiger partial charge is 0.111 e. The molecule has 0 bridgehead atoms. The third kappa shape index (κ3) is 3.48. The predicted octanol–water partition coefficient (Wildman–Crippen LogP) is 3.69. The zero-order chi connectivity index (χ0) is 14.5. The van der Waals surface area contributed by atoms with Crippen molar-refractivity contribution in [1.82, 2.24) is 9.55 Å². The van der Waals surface area contributed by atoms with E-state index in [2.05, 4.69) is 42.5 Å². The maximum absolute atomic E-state index is 10.4. The van der Waals surface area contributed by atoms with E-state index in [1.54, 1.807) is 6.20 Å². The molecule has 1 heterocycles. The minimum atomic E-state index is -0.491. The van der Waals surface area contributed by atoms with Gasteiger partial charge >= 0.3 is 0 Å². The topological polar surface area (TPSA) is 38.0 Å². The van der Waals surface area contributed by atoms with Crippen molar-refractivity contribution in [3.05, 3.63) is 53.6 Å². The molecular formula is C17H24N2O. The number of aliphatic hydroxyl groups is 1. The van der Waals surface area contributed by atoms with Crippen molar-refractivity contribution < 1.29 is 5.11 Å². The van der Waals surface area contributed by atoms with Gasteiger partial charge in [-0.05, 0) is 23.5 Å². The van der Waals surface area contributed by atoms with Crippen LogP contribution >= 0.6 is 0 Å². The predicted molar refractivity (Wildman–Crippen MR) is 81.7 cm³/mol. The van der Waals surface area contributed by atoms with Crippen molar-refractivity contribution in [2.24, 2.45) is 0 Å².